The van der Waals surface area contributed by atoms with Crippen LogP contribution < -0.4 is 0 Å². The van der Waals surface area contributed by atoms with E-state index in [0.717, 1.165) is 12.8 Å². The van der Waals surface area contributed by atoms with Gasteiger partial charge in [0.1, 0.15) is 0 Å². The van der Waals surface area contributed by atoms with Crippen LogP contribution in [0, 0.1) is 22.7 Å². The second-order valence-electron chi connectivity index (χ2n) is 5.46. The molecule has 2 heteroatoms. The minimum Gasteiger partial charge on any atom is -0.192 e. The highest BCUT2D eigenvalue weighted by Crippen LogP contribution is 2.36. The second-order valence-corrected chi connectivity index (χ2v) is 5.46. The Balaban J connectivity index is 2.47. The zero-order valence-electron chi connectivity index (χ0n) is 12.4. The monoisotopic (exact) mass is 274 g/mol. The molecular weight excluding hydrogens is 256 g/mol. The van der Waals surface area contributed by atoms with Gasteiger partial charge in [-0.3, -0.25) is 0 Å². The summed E-state index contributed by atoms with van der Waals surface area (Å²) in [6.07, 6.45) is 2.08. The number of nitriles is 2. The Morgan fingerprint density at radius 3 is 1.48 bits per heavy atom. The summed E-state index contributed by atoms with van der Waals surface area (Å²) in [6.45, 7) is 4.39. The quantitative estimate of drug-likeness (QED) is 0.822. The van der Waals surface area contributed by atoms with Gasteiger partial charge >= 0.3 is 0 Å². The van der Waals surface area contributed by atoms with Crippen LogP contribution in [0.3, 0.4) is 0 Å². The van der Waals surface area contributed by atoms with Crippen LogP contribution >= 0.6 is 0 Å². The summed E-state index contributed by atoms with van der Waals surface area (Å²) >= 11 is 0. The molecule has 104 valence electrons. The molecule has 0 aromatic heterocycles. The molecule has 0 N–H and O–H groups in total. The molecule has 0 saturated carbocycles. The average Bonchev–Trinajstić information content (AvgIpc) is 2.55. The molecule has 0 spiro atoms. The molecule has 0 aliphatic carbocycles. The summed E-state index contributed by atoms with van der Waals surface area (Å²) in [6, 6.07) is 19.9. The first-order valence-corrected chi connectivity index (χ1v) is 7.15. The van der Waals surface area contributed by atoms with Gasteiger partial charge in [-0.05, 0) is 41.8 Å². The summed E-state index contributed by atoms with van der Waals surface area (Å²) in [5.74, 6) is 0. The van der Waals surface area contributed by atoms with Gasteiger partial charge in [-0.25, -0.2) is 0 Å². The van der Waals surface area contributed by atoms with Gasteiger partial charge in [-0.15, -0.1) is 0 Å². The highest BCUT2D eigenvalue weighted by Gasteiger charge is 2.27. The third kappa shape index (κ3) is 2.96. The maximum atomic E-state index is 8.93. The first-order chi connectivity index (χ1) is 10.1. The topological polar surface area (TPSA) is 47.6 Å². The van der Waals surface area contributed by atoms with Crippen LogP contribution in [0.15, 0.2) is 48.5 Å². The van der Waals surface area contributed by atoms with E-state index in [-0.39, 0.29) is 5.41 Å². The average molecular weight is 274 g/mol. The van der Waals surface area contributed by atoms with Crippen molar-refractivity contribution in [2.45, 2.75) is 32.1 Å². The summed E-state index contributed by atoms with van der Waals surface area (Å²) in [5.41, 5.74) is 3.66. The zero-order chi connectivity index (χ0) is 15.3. The molecule has 2 rings (SSSR count). The molecule has 0 amide bonds. The van der Waals surface area contributed by atoms with Gasteiger partial charge in [0.05, 0.1) is 23.3 Å². The molecule has 0 bridgehead atoms. The fraction of sp³-hybridized carbons (Fsp3) is 0.263. The van der Waals surface area contributed by atoms with Gasteiger partial charge < -0.3 is 0 Å². The fourth-order valence-corrected chi connectivity index (χ4v) is 2.78. The molecule has 2 aromatic carbocycles. The smallest absolute Gasteiger partial charge is 0.0991 e. The lowest BCUT2D eigenvalue weighted by Gasteiger charge is -2.31. The number of rotatable bonds is 4. The van der Waals surface area contributed by atoms with E-state index in [4.69, 9.17) is 10.5 Å². The van der Waals surface area contributed by atoms with Crippen molar-refractivity contribution in [3.05, 3.63) is 70.8 Å². The van der Waals surface area contributed by atoms with Gasteiger partial charge in [0.25, 0.3) is 0 Å². The van der Waals surface area contributed by atoms with Crippen LogP contribution in [-0.2, 0) is 5.41 Å². The standard InChI is InChI=1S/C19H18N2/c1-3-12-19(2,17-8-4-15(13-20)5-9-17)18-10-6-16(14-21)7-11-18/h4-11H,3,12H2,1-2H3. The highest BCUT2D eigenvalue weighted by atomic mass is 14.3. The molecule has 0 saturated heterocycles. The fourth-order valence-electron chi connectivity index (χ4n) is 2.78. The van der Waals surface area contributed by atoms with E-state index in [1.165, 1.54) is 11.1 Å². The summed E-state index contributed by atoms with van der Waals surface area (Å²) in [4.78, 5) is 0. The third-order valence-corrected chi connectivity index (χ3v) is 4.05. The van der Waals surface area contributed by atoms with Crippen molar-refractivity contribution in [2.24, 2.45) is 0 Å². The molecular formula is C19H18N2. The van der Waals surface area contributed by atoms with Crippen molar-refractivity contribution in [1.82, 2.24) is 0 Å². The van der Waals surface area contributed by atoms with Crippen LogP contribution in [0.25, 0.3) is 0 Å². The van der Waals surface area contributed by atoms with E-state index in [2.05, 4.69) is 26.0 Å². The van der Waals surface area contributed by atoms with E-state index >= 15 is 0 Å². The van der Waals surface area contributed by atoms with Crippen molar-refractivity contribution < 1.29 is 0 Å². The number of hydrogen-bond donors (Lipinski definition) is 0. The van der Waals surface area contributed by atoms with Crippen molar-refractivity contribution in [2.75, 3.05) is 0 Å². The summed E-state index contributed by atoms with van der Waals surface area (Å²) < 4.78 is 0. The molecule has 2 nitrogen and oxygen atoms in total. The number of nitrogens with zero attached hydrogens (tertiary/aromatic N) is 2. The molecule has 0 aliphatic rings. The molecule has 0 aliphatic heterocycles. The predicted molar refractivity (Wildman–Crippen MR) is 83.7 cm³/mol. The summed E-state index contributed by atoms with van der Waals surface area (Å²) in [7, 11) is 0. The molecule has 0 unspecified atom stereocenters. The predicted octanol–water partition coefficient (Wildman–Crippen LogP) is 4.54. The Hall–Kier alpha value is -2.58. The van der Waals surface area contributed by atoms with Gasteiger partial charge in [0, 0.05) is 5.41 Å². The van der Waals surface area contributed by atoms with E-state index in [9.17, 15) is 0 Å². The lowest BCUT2D eigenvalue weighted by molar-refractivity contribution is 0.512. The molecule has 0 atom stereocenters. The number of hydrogen-bond acceptors (Lipinski definition) is 2. The van der Waals surface area contributed by atoms with Crippen LogP contribution in [0.2, 0.25) is 0 Å². The minimum atomic E-state index is -0.100. The SMILES string of the molecule is CCCC(C)(c1ccc(C#N)cc1)c1ccc(C#N)cc1. The molecule has 0 radical (unpaired) electrons. The van der Waals surface area contributed by atoms with Gasteiger partial charge in [0.15, 0.2) is 0 Å². The Morgan fingerprint density at radius 2 is 1.19 bits per heavy atom. The zero-order valence-corrected chi connectivity index (χ0v) is 12.4. The van der Waals surface area contributed by atoms with Crippen molar-refractivity contribution in [3.8, 4) is 12.1 Å². The van der Waals surface area contributed by atoms with E-state index in [0.29, 0.717) is 11.1 Å². The normalized spacial score (nSPS) is 10.7. The third-order valence-electron chi connectivity index (χ3n) is 4.05. The Kier molecular flexibility index (Phi) is 4.41. The van der Waals surface area contributed by atoms with Crippen molar-refractivity contribution in [1.29, 1.82) is 10.5 Å². The molecule has 0 heterocycles. The van der Waals surface area contributed by atoms with E-state index in [1.807, 2.05) is 48.5 Å². The minimum absolute atomic E-state index is 0.100. The van der Waals surface area contributed by atoms with Gasteiger partial charge in [-0.2, -0.15) is 10.5 Å². The summed E-state index contributed by atoms with van der Waals surface area (Å²) in [5, 5.41) is 17.9. The van der Waals surface area contributed by atoms with Crippen LogP contribution in [0.1, 0.15) is 48.9 Å². The van der Waals surface area contributed by atoms with Crippen molar-refractivity contribution >= 4 is 0 Å². The number of benzene rings is 2. The Bertz CT molecular complexity index is 625. The van der Waals surface area contributed by atoms with Crippen LogP contribution in [0.5, 0.6) is 0 Å². The maximum Gasteiger partial charge on any atom is 0.0991 e. The van der Waals surface area contributed by atoms with E-state index < -0.39 is 0 Å². The van der Waals surface area contributed by atoms with Gasteiger partial charge in [0.2, 0.25) is 0 Å². The lowest BCUT2D eigenvalue weighted by Crippen LogP contribution is -2.23. The first kappa shape index (κ1) is 14.8. The second kappa shape index (κ2) is 6.25. The van der Waals surface area contributed by atoms with Gasteiger partial charge in [-0.1, -0.05) is 44.5 Å². The Morgan fingerprint density at radius 1 is 0.810 bits per heavy atom. The van der Waals surface area contributed by atoms with Crippen LogP contribution in [-0.4, -0.2) is 0 Å². The Labute approximate surface area is 126 Å². The maximum absolute atomic E-state index is 8.93. The largest absolute Gasteiger partial charge is 0.192 e. The highest BCUT2D eigenvalue weighted by molar-refractivity contribution is 5.43. The molecule has 21 heavy (non-hydrogen) atoms. The van der Waals surface area contributed by atoms with Crippen LogP contribution in [0.4, 0.5) is 0 Å². The van der Waals surface area contributed by atoms with E-state index in [1.54, 1.807) is 0 Å². The lowest BCUT2D eigenvalue weighted by atomic mass is 9.73. The first-order valence-electron chi connectivity index (χ1n) is 7.15. The molecule has 0 fully saturated rings. The van der Waals surface area contributed by atoms with Crippen molar-refractivity contribution in [3.63, 3.8) is 0 Å². The molecule has 2 aromatic rings.